The molecule has 6 nitrogen and oxygen atoms in total. The Labute approximate surface area is 131 Å². The number of hydrogen-bond donors (Lipinski definition) is 2. The first-order valence-corrected chi connectivity index (χ1v) is 7.20. The van der Waals surface area contributed by atoms with E-state index in [0.29, 0.717) is 28.1 Å². The number of carbonyl (C=O) groups excluding carboxylic acids is 1. The molecule has 1 atom stereocenters. The second kappa shape index (κ2) is 8.49. The Morgan fingerprint density at radius 2 is 2.24 bits per heavy atom. The van der Waals surface area contributed by atoms with Crippen molar-refractivity contribution in [1.82, 2.24) is 5.32 Å². The van der Waals surface area contributed by atoms with Crippen LogP contribution in [-0.4, -0.2) is 36.9 Å². The summed E-state index contributed by atoms with van der Waals surface area (Å²) in [6.45, 7) is 3.55. The van der Waals surface area contributed by atoms with Crippen molar-refractivity contribution in [3.05, 3.63) is 22.2 Å². The van der Waals surface area contributed by atoms with Crippen molar-refractivity contribution < 1.29 is 19.4 Å². The van der Waals surface area contributed by atoms with E-state index in [-0.39, 0.29) is 25.2 Å². The van der Waals surface area contributed by atoms with Gasteiger partial charge in [0.1, 0.15) is 0 Å². The molecule has 0 aliphatic rings. The first-order valence-electron chi connectivity index (χ1n) is 6.41. The molecule has 0 heterocycles. The molecule has 1 rings (SSSR count). The Morgan fingerprint density at radius 1 is 1.52 bits per heavy atom. The van der Waals surface area contributed by atoms with Crippen molar-refractivity contribution in [1.29, 1.82) is 5.26 Å². The van der Waals surface area contributed by atoms with Gasteiger partial charge in [0.25, 0.3) is 5.91 Å². The van der Waals surface area contributed by atoms with E-state index in [9.17, 15) is 4.79 Å². The SMILES string of the molecule is CCOc1cc(C#N)cc(Br)c1OCC(=O)NC(C)CO. The molecule has 0 saturated heterocycles. The topological polar surface area (TPSA) is 91.6 Å². The maximum absolute atomic E-state index is 11.6. The third kappa shape index (κ3) is 5.25. The lowest BCUT2D eigenvalue weighted by Gasteiger charge is -2.15. The summed E-state index contributed by atoms with van der Waals surface area (Å²) in [6, 6.07) is 4.83. The molecule has 0 aliphatic carbocycles. The first kappa shape index (κ1) is 17.3. The van der Waals surface area contributed by atoms with Crippen LogP contribution in [0.4, 0.5) is 0 Å². The Bertz CT molecular complexity index is 543. The smallest absolute Gasteiger partial charge is 0.258 e. The average Bonchev–Trinajstić information content (AvgIpc) is 2.46. The van der Waals surface area contributed by atoms with Gasteiger partial charge in [-0.05, 0) is 35.8 Å². The van der Waals surface area contributed by atoms with Gasteiger partial charge >= 0.3 is 0 Å². The molecular formula is C14H17BrN2O4. The molecule has 0 bridgehead atoms. The molecule has 2 N–H and O–H groups in total. The molecular weight excluding hydrogens is 340 g/mol. The van der Waals surface area contributed by atoms with Crippen molar-refractivity contribution >= 4 is 21.8 Å². The number of hydrogen-bond acceptors (Lipinski definition) is 5. The molecule has 1 unspecified atom stereocenters. The second-order valence-corrected chi connectivity index (χ2v) is 5.12. The van der Waals surface area contributed by atoms with E-state index in [4.69, 9.17) is 19.8 Å². The molecule has 1 aromatic carbocycles. The van der Waals surface area contributed by atoms with Crippen molar-refractivity contribution in [3.8, 4) is 17.6 Å². The standard InChI is InChI=1S/C14H17BrN2O4/c1-3-20-12-5-10(6-16)4-11(15)14(12)21-8-13(19)17-9(2)7-18/h4-5,9,18H,3,7-8H2,1-2H3,(H,17,19). The maximum Gasteiger partial charge on any atom is 0.258 e. The molecule has 0 fully saturated rings. The summed E-state index contributed by atoms with van der Waals surface area (Å²) >= 11 is 3.30. The lowest BCUT2D eigenvalue weighted by Crippen LogP contribution is -2.38. The van der Waals surface area contributed by atoms with Gasteiger partial charge in [0.05, 0.1) is 29.3 Å². The predicted octanol–water partition coefficient (Wildman–Crippen LogP) is 1.60. The average molecular weight is 357 g/mol. The Balaban J connectivity index is 2.82. The van der Waals surface area contributed by atoms with Crippen LogP contribution in [0.2, 0.25) is 0 Å². The highest BCUT2D eigenvalue weighted by Gasteiger charge is 2.14. The van der Waals surface area contributed by atoms with Crippen molar-refractivity contribution in [2.45, 2.75) is 19.9 Å². The van der Waals surface area contributed by atoms with Crippen LogP contribution >= 0.6 is 15.9 Å². The summed E-state index contributed by atoms with van der Waals surface area (Å²) < 4.78 is 11.4. The number of nitrogens with one attached hydrogen (secondary N) is 1. The largest absolute Gasteiger partial charge is 0.490 e. The lowest BCUT2D eigenvalue weighted by atomic mass is 10.2. The van der Waals surface area contributed by atoms with Crippen LogP contribution in [0.5, 0.6) is 11.5 Å². The number of rotatable bonds is 7. The van der Waals surface area contributed by atoms with Crippen molar-refractivity contribution in [2.24, 2.45) is 0 Å². The summed E-state index contributed by atoms with van der Waals surface area (Å²) in [5, 5.41) is 20.4. The normalized spacial score (nSPS) is 11.4. The lowest BCUT2D eigenvalue weighted by molar-refractivity contribution is -0.124. The van der Waals surface area contributed by atoms with E-state index in [1.807, 2.05) is 13.0 Å². The number of nitriles is 1. The monoisotopic (exact) mass is 356 g/mol. The first-order chi connectivity index (χ1) is 10.0. The van der Waals surface area contributed by atoms with E-state index in [1.165, 1.54) is 0 Å². The number of ether oxygens (including phenoxy) is 2. The fraction of sp³-hybridized carbons (Fsp3) is 0.429. The fourth-order valence-corrected chi connectivity index (χ4v) is 2.09. The van der Waals surface area contributed by atoms with Crippen LogP contribution in [0, 0.1) is 11.3 Å². The van der Waals surface area contributed by atoms with Crippen LogP contribution in [0.3, 0.4) is 0 Å². The number of benzene rings is 1. The fourth-order valence-electron chi connectivity index (χ4n) is 1.54. The van der Waals surface area contributed by atoms with Gasteiger partial charge < -0.3 is 19.9 Å². The van der Waals surface area contributed by atoms with Gasteiger partial charge in [-0.1, -0.05) is 0 Å². The summed E-state index contributed by atoms with van der Waals surface area (Å²) in [5.41, 5.74) is 0.427. The molecule has 0 aliphatic heterocycles. The number of carbonyl (C=O) groups is 1. The van der Waals surface area contributed by atoms with E-state index in [1.54, 1.807) is 19.1 Å². The minimum Gasteiger partial charge on any atom is -0.490 e. The summed E-state index contributed by atoms with van der Waals surface area (Å²) in [7, 11) is 0. The molecule has 0 spiro atoms. The summed E-state index contributed by atoms with van der Waals surface area (Å²) in [4.78, 5) is 11.6. The number of aliphatic hydroxyl groups is 1. The van der Waals surface area contributed by atoms with Crippen molar-refractivity contribution in [3.63, 3.8) is 0 Å². The van der Waals surface area contributed by atoms with Gasteiger partial charge in [0.2, 0.25) is 0 Å². The zero-order valence-electron chi connectivity index (χ0n) is 11.9. The zero-order valence-corrected chi connectivity index (χ0v) is 13.4. The molecule has 0 aromatic heterocycles. The highest BCUT2D eigenvalue weighted by atomic mass is 79.9. The van der Waals surface area contributed by atoms with E-state index in [2.05, 4.69) is 21.2 Å². The Hall–Kier alpha value is -1.78. The minimum absolute atomic E-state index is 0.142. The third-order valence-corrected chi connectivity index (χ3v) is 3.06. The molecule has 7 heteroatoms. The Morgan fingerprint density at radius 3 is 2.81 bits per heavy atom. The van der Waals surface area contributed by atoms with Crippen LogP contribution in [0.15, 0.2) is 16.6 Å². The van der Waals surface area contributed by atoms with Crippen LogP contribution in [-0.2, 0) is 4.79 Å². The highest BCUT2D eigenvalue weighted by Crippen LogP contribution is 2.36. The van der Waals surface area contributed by atoms with Gasteiger partial charge in [-0.15, -0.1) is 0 Å². The van der Waals surface area contributed by atoms with Gasteiger partial charge in [0, 0.05) is 12.1 Å². The number of amides is 1. The Kier molecular flexibility index (Phi) is 6.99. The molecule has 1 amide bonds. The van der Waals surface area contributed by atoms with Gasteiger partial charge in [0.15, 0.2) is 18.1 Å². The van der Waals surface area contributed by atoms with Gasteiger partial charge in [-0.2, -0.15) is 5.26 Å². The zero-order chi connectivity index (χ0) is 15.8. The van der Waals surface area contributed by atoms with Crippen LogP contribution in [0.1, 0.15) is 19.4 Å². The number of nitrogens with zero attached hydrogens (tertiary/aromatic N) is 1. The number of aliphatic hydroxyl groups excluding tert-OH is 1. The quantitative estimate of drug-likeness (QED) is 0.773. The molecule has 0 radical (unpaired) electrons. The second-order valence-electron chi connectivity index (χ2n) is 4.27. The van der Waals surface area contributed by atoms with E-state index < -0.39 is 0 Å². The van der Waals surface area contributed by atoms with E-state index in [0.717, 1.165) is 0 Å². The predicted molar refractivity (Wildman–Crippen MR) is 80.2 cm³/mol. The summed E-state index contributed by atoms with van der Waals surface area (Å²) in [6.07, 6.45) is 0. The molecule has 1 aromatic rings. The number of halogens is 1. The molecule has 21 heavy (non-hydrogen) atoms. The van der Waals surface area contributed by atoms with Crippen LogP contribution < -0.4 is 14.8 Å². The molecule has 0 saturated carbocycles. The minimum atomic E-state index is -0.352. The highest BCUT2D eigenvalue weighted by molar-refractivity contribution is 9.10. The van der Waals surface area contributed by atoms with E-state index >= 15 is 0 Å². The van der Waals surface area contributed by atoms with Gasteiger partial charge in [-0.25, -0.2) is 0 Å². The maximum atomic E-state index is 11.6. The third-order valence-electron chi connectivity index (χ3n) is 2.47. The molecule has 114 valence electrons. The van der Waals surface area contributed by atoms with Crippen LogP contribution in [0.25, 0.3) is 0 Å². The summed E-state index contributed by atoms with van der Waals surface area (Å²) in [5.74, 6) is 0.407. The van der Waals surface area contributed by atoms with Crippen molar-refractivity contribution in [2.75, 3.05) is 19.8 Å². The van der Waals surface area contributed by atoms with Gasteiger partial charge in [-0.3, -0.25) is 4.79 Å².